The molecule has 0 amide bonds. The first kappa shape index (κ1) is 11.9. The first-order valence-electron chi connectivity index (χ1n) is 6.63. The van der Waals surface area contributed by atoms with Crippen LogP contribution in [-0.4, -0.2) is 24.1 Å². The van der Waals surface area contributed by atoms with Crippen LogP contribution in [-0.2, 0) is 7.05 Å². The maximum atomic E-state index is 12.2. The predicted molar refractivity (Wildman–Crippen MR) is 80.7 cm³/mol. The van der Waals surface area contributed by atoms with E-state index in [0.29, 0.717) is 17.0 Å². The van der Waals surface area contributed by atoms with E-state index in [2.05, 4.69) is 15.0 Å². The average Bonchev–Trinajstić information content (AvgIpc) is 3.05. The fourth-order valence-corrected chi connectivity index (χ4v) is 2.60. The van der Waals surface area contributed by atoms with Crippen LogP contribution in [0.4, 0.5) is 0 Å². The van der Waals surface area contributed by atoms with Crippen molar-refractivity contribution in [3.05, 3.63) is 52.7 Å². The van der Waals surface area contributed by atoms with Crippen LogP contribution in [0.3, 0.4) is 0 Å². The number of hydrogen-bond acceptors (Lipinski definition) is 3. The molecule has 1 N–H and O–H groups in total. The highest BCUT2D eigenvalue weighted by atomic mass is 16.1. The lowest BCUT2D eigenvalue weighted by Gasteiger charge is -2.04. The highest BCUT2D eigenvalue weighted by Gasteiger charge is 2.11. The number of hydrogen-bond donors (Lipinski definition) is 1. The number of fused-ring (bicyclic) bond motifs is 2. The summed E-state index contributed by atoms with van der Waals surface area (Å²) < 4.78 is 3.63. The summed E-state index contributed by atoms with van der Waals surface area (Å²) in [4.78, 5) is 23.9. The van der Waals surface area contributed by atoms with Gasteiger partial charge in [-0.15, -0.1) is 0 Å². The van der Waals surface area contributed by atoms with Gasteiger partial charge in [-0.3, -0.25) is 14.3 Å². The highest BCUT2D eigenvalue weighted by molar-refractivity contribution is 5.81. The Morgan fingerprint density at radius 3 is 2.95 bits per heavy atom. The molecule has 6 nitrogen and oxygen atoms in total. The van der Waals surface area contributed by atoms with Crippen molar-refractivity contribution >= 4 is 22.1 Å². The van der Waals surface area contributed by atoms with Gasteiger partial charge in [-0.05, 0) is 24.6 Å². The zero-order chi connectivity index (χ0) is 14.6. The second kappa shape index (κ2) is 4.05. The summed E-state index contributed by atoms with van der Waals surface area (Å²) in [5, 5.41) is 0.585. The van der Waals surface area contributed by atoms with Gasteiger partial charge >= 0.3 is 0 Å². The Labute approximate surface area is 119 Å². The van der Waals surface area contributed by atoms with Crippen molar-refractivity contribution in [2.24, 2.45) is 7.05 Å². The normalized spacial score (nSPS) is 11.5. The summed E-state index contributed by atoms with van der Waals surface area (Å²) in [7, 11) is 1.87. The Morgan fingerprint density at radius 1 is 1.24 bits per heavy atom. The second-order valence-electron chi connectivity index (χ2n) is 5.11. The van der Waals surface area contributed by atoms with Gasteiger partial charge in [0.15, 0.2) is 0 Å². The molecule has 0 aliphatic rings. The Hall–Kier alpha value is -2.89. The van der Waals surface area contributed by atoms with Crippen LogP contribution in [0, 0.1) is 6.92 Å². The van der Waals surface area contributed by atoms with Crippen molar-refractivity contribution in [3.63, 3.8) is 0 Å². The van der Waals surface area contributed by atoms with Gasteiger partial charge in [0.25, 0.3) is 5.56 Å². The van der Waals surface area contributed by atoms with E-state index in [1.807, 2.05) is 42.9 Å². The molecule has 0 bridgehead atoms. The van der Waals surface area contributed by atoms with Crippen LogP contribution >= 0.6 is 0 Å². The predicted octanol–water partition coefficient (Wildman–Crippen LogP) is 1.91. The molecule has 0 radical (unpaired) electrons. The number of nitrogens with one attached hydrogen (secondary N) is 1. The van der Waals surface area contributed by atoms with Crippen LogP contribution < -0.4 is 5.56 Å². The molecule has 3 heterocycles. The molecule has 0 fully saturated rings. The standard InChI is InChI=1S/C15H13N5O/c1-9-4-3-5-11-12(9)16-8-20(11)15-17-13-10(14(21)18-15)6-7-19(13)2/h3-8H,1-2H3,(H,17,18,21). The molecule has 6 heteroatoms. The van der Waals surface area contributed by atoms with Crippen molar-refractivity contribution in [2.45, 2.75) is 6.92 Å². The van der Waals surface area contributed by atoms with Crippen molar-refractivity contribution in [2.75, 3.05) is 0 Å². The first-order valence-corrected chi connectivity index (χ1v) is 6.63. The third kappa shape index (κ3) is 1.62. The van der Waals surface area contributed by atoms with E-state index in [1.165, 1.54) is 0 Å². The zero-order valence-electron chi connectivity index (χ0n) is 11.7. The number of aryl methyl sites for hydroxylation is 2. The number of imidazole rings is 1. The molecule has 0 aliphatic heterocycles. The summed E-state index contributed by atoms with van der Waals surface area (Å²) >= 11 is 0. The SMILES string of the molecule is Cc1cccc2c1ncn2-c1nc2c(ccn2C)c(=O)[nH]1. The minimum atomic E-state index is -0.148. The van der Waals surface area contributed by atoms with Crippen molar-refractivity contribution < 1.29 is 0 Å². The molecule has 0 atom stereocenters. The van der Waals surface area contributed by atoms with Crippen molar-refractivity contribution in [1.29, 1.82) is 0 Å². The third-order valence-corrected chi connectivity index (χ3v) is 3.73. The molecule has 3 aromatic heterocycles. The number of aromatic amines is 1. The lowest BCUT2D eigenvalue weighted by Crippen LogP contribution is -2.13. The van der Waals surface area contributed by atoms with E-state index in [4.69, 9.17) is 0 Å². The van der Waals surface area contributed by atoms with E-state index < -0.39 is 0 Å². The summed E-state index contributed by atoms with van der Waals surface area (Å²) in [6, 6.07) is 7.71. The van der Waals surface area contributed by atoms with Crippen molar-refractivity contribution in [1.82, 2.24) is 24.1 Å². The summed E-state index contributed by atoms with van der Waals surface area (Å²) in [6.45, 7) is 2.01. The number of nitrogens with zero attached hydrogens (tertiary/aromatic N) is 4. The van der Waals surface area contributed by atoms with Crippen molar-refractivity contribution in [3.8, 4) is 5.95 Å². The minimum Gasteiger partial charge on any atom is -0.335 e. The average molecular weight is 279 g/mol. The fourth-order valence-electron chi connectivity index (χ4n) is 2.60. The summed E-state index contributed by atoms with van der Waals surface area (Å²) in [6.07, 6.45) is 3.51. The Balaban J connectivity index is 2.07. The Kier molecular flexibility index (Phi) is 2.29. The number of H-pyrrole nitrogens is 1. The number of para-hydroxylation sites is 1. The van der Waals surface area contributed by atoms with Gasteiger partial charge in [0, 0.05) is 13.2 Å². The van der Waals surface area contributed by atoms with Crippen LogP contribution in [0.2, 0.25) is 0 Å². The van der Waals surface area contributed by atoms with Gasteiger partial charge in [-0.1, -0.05) is 12.1 Å². The molecule has 4 rings (SSSR count). The Morgan fingerprint density at radius 2 is 2.10 bits per heavy atom. The molecule has 104 valence electrons. The molecule has 0 aliphatic carbocycles. The van der Waals surface area contributed by atoms with E-state index >= 15 is 0 Å². The van der Waals surface area contributed by atoms with Gasteiger partial charge in [0.2, 0.25) is 5.95 Å². The molecule has 0 unspecified atom stereocenters. The largest absolute Gasteiger partial charge is 0.335 e. The fraction of sp³-hybridized carbons (Fsp3) is 0.133. The van der Waals surface area contributed by atoms with Gasteiger partial charge in [0.05, 0.1) is 16.4 Å². The second-order valence-corrected chi connectivity index (χ2v) is 5.11. The van der Waals surface area contributed by atoms with Crippen LogP contribution in [0.1, 0.15) is 5.56 Å². The monoisotopic (exact) mass is 279 g/mol. The number of benzene rings is 1. The van der Waals surface area contributed by atoms with Crippen LogP contribution in [0.15, 0.2) is 41.6 Å². The lowest BCUT2D eigenvalue weighted by molar-refractivity contribution is 0.904. The molecule has 4 aromatic rings. The quantitative estimate of drug-likeness (QED) is 0.578. The van der Waals surface area contributed by atoms with E-state index in [1.54, 1.807) is 17.0 Å². The molecule has 21 heavy (non-hydrogen) atoms. The van der Waals surface area contributed by atoms with Crippen LogP contribution in [0.25, 0.3) is 28.0 Å². The van der Waals surface area contributed by atoms with E-state index in [0.717, 1.165) is 16.6 Å². The lowest BCUT2D eigenvalue weighted by atomic mass is 10.2. The number of rotatable bonds is 1. The molecule has 0 saturated heterocycles. The van der Waals surface area contributed by atoms with Gasteiger partial charge in [-0.25, -0.2) is 4.98 Å². The van der Waals surface area contributed by atoms with Crippen LogP contribution in [0.5, 0.6) is 0 Å². The Bertz CT molecular complexity index is 1040. The van der Waals surface area contributed by atoms with Gasteiger partial charge in [-0.2, -0.15) is 4.98 Å². The molecular weight excluding hydrogens is 266 g/mol. The van der Waals surface area contributed by atoms with E-state index in [9.17, 15) is 4.79 Å². The zero-order valence-corrected chi connectivity index (χ0v) is 11.7. The molecule has 0 spiro atoms. The first-order chi connectivity index (χ1) is 10.1. The molecule has 0 saturated carbocycles. The highest BCUT2D eigenvalue weighted by Crippen LogP contribution is 2.19. The summed E-state index contributed by atoms with van der Waals surface area (Å²) in [5.41, 5.74) is 3.43. The molecular formula is C15H13N5O. The maximum absolute atomic E-state index is 12.2. The minimum absolute atomic E-state index is 0.148. The maximum Gasteiger partial charge on any atom is 0.261 e. The van der Waals surface area contributed by atoms with E-state index in [-0.39, 0.29) is 5.56 Å². The topological polar surface area (TPSA) is 68.5 Å². The smallest absolute Gasteiger partial charge is 0.261 e. The van der Waals surface area contributed by atoms with Gasteiger partial charge in [0.1, 0.15) is 12.0 Å². The molecule has 1 aromatic carbocycles. The number of aromatic nitrogens is 5. The van der Waals surface area contributed by atoms with Gasteiger partial charge < -0.3 is 4.57 Å². The summed E-state index contributed by atoms with van der Waals surface area (Å²) in [5.74, 6) is 0.474. The third-order valence-electron chi connectivity index (χ3n) is 3.73.